The van der Waals surface area contributed by atoms with Crippen LogP contribution in [0.5, 0.6) is 11.5 Å². The fourth-order valence-electron chi connectivity index (χ4n) is 4.16. The van der Waals surface area contributed by atoms with E-state index in [1.54, 1.807) is 45.9 Å². The molecule has 0 spiro atoms. The van der Waals surface area contributed by atoms with Gasteiger partial charge in [0.25, 0.3) is 5.91 Å². The Bertz CT molecular complexity index is 825. The fourth-order valence-corrected chi connectivity index (χ4v) is 4.16. The van der Waals surface area contributed by atoms with E-state index in [1.807, 2.05) is 0 Å². The molecule has 0 saturated carbocycles. The first-order valence-corrected chi connectivity index (χ1v) is 9.78. The van der Waals surface area contributed by atoms with Gasteiger partial charge in [-0.2, -0.15) is 0 Å². The van der Waals surface area contributed by atoms with Crippen molar-refractivity contribution in [3.8, 4) is 11.5 Å². The average molecular weight is 407 g/mol. The molecule has 5 atom stereocenters. The maximum Gasteiger partial charge on any atom is 0.256 e. The maximum atomic E-state index is 13.1. The predicted octanol–water partition coefficient (Wildman–Crippen LogP) is 1.79. The smallest absolute Gasteiger partial charge is 0.256 e. The molecule has 1 aromatic carbocycles. The lowest BCUT2D eigenvalue weighted by Gasteiger charge is -2.36. The number of carbonyl (C=O) groups is 1. The molecule has 9 nitrogen and oxygen atoms in total. The minimum atomic E-state index is -0.922. The Morgan fingerprint density at radius 1 is 0.897 bits per heavy atom. The highest BCUT2D eigenvalue weighted by Gasteiger charge is 2.62. The van der Waals surface area contributed by atoms with E-state index in [1.165, 1.54) is 0 Å². The van der Waals surface area contributed by atoms with Crippen LogP contribution in [0, 0.1) is 0 Å². The lowest BCUT2D eigenvalue weighted by molar-refractivity contribution is -0.229. The second-order valence-corrected chi connectivity index (χ2v) is 8.44. The number of amides is 1. The summed E-state index contributed by atoms with van der Waals surface area (Å²) in [6.07, 6.45) is -3.23. The second kappa shape index (κ2) is 6.55. The molecule has 1 aromatic rings. The molecule has 3 saturated heterocycles. The van der Waals surface area contributed by atoms with E-state index in [0.717, 1.165) is 0 Å². The van der Waals surface area contributed by atoms with E-state index >= 15 is 0 Å². The molecule has 0 aromatic heterocycles. The first kappa shape index (κ1) is 19.1. The van der Waals surface area contributed by atoms with Crippen molar-refractivity contribution in [3.05, 3.63) is 18.2 Å². The van der Waals surface area contributed by atoms with Crippen LogP contribution in [0.4, 0.5) is 5.69 Å². The van der Waals surface area contributed by atoms with Gasteiger partial charge < -0.3 is 38.5 Å². The largest absolute Gasteiger partial charge is 0.486 e. The van der Waals surface area contributed by atoms with Crippen LogP contribution in [0.3, 0.4) is 0 Å². The van der Waals surface area contributed by atoms with Gasteiger partial charge in [0.1, 0.15) is 31.5 Å². The molecule has 0 radical (unpaired) electrons. The number of hydrogen-bond donors (Lipinski definition) is 1. The molecular formula is C20H25NO8. The molecule has 158 valence electrons. The van der Waals surface area contributed by atoms with Gasteiger partial charge in [-0.1, -0.05) is 0 Å². The number of nitrogens with one attached hydrogen (secondary N) is 1. The molecule has 0 bridgehead atoms. The molecule has 1 amide bonds. The molecule has 9 heteroatoms. The number of ether oxygens (including phenoxy) is 7. The van der Waals surface area contributed by atoms with Gasteiger partial charge in [-0.25, -0.2) is 0 Å². The summed E-state index contributed by atoms with van der Waals surface area (Å²) in [5.41, 5.74) is 0.573. The van der Waals surface area contributed by atoms with Crippen molar-refractivity contribution in [1.82, 2.24) is 0 Å². The molecule has 29 heavy (non-hydrogen) atoms. The van der Waals surface area contributed by atoms with Gasteiger partial charge in [0.15, 0.2) is 35.5 Å². The molecule has 5 rings (SSSR count). The molecule has 4 aliphatic heterocycles. The Kier molecular flexibility index (Phi) is 4.31. The summed E-state index contributed by atoms with van der Waals surface area (Å²) in [6, 6.07) is 5.24. The second-order valence-electron chi connectivity index (χ2n) is 8.44. The van der Waals surface area contributed by atoms with Crippen LogP contribution in [0.15, 0.2) is 18.2 Å². The van der Waals surface area contributed by atoms with Crippen molar-refractivity contribution in [2.24, 2.45) is 0 Å². The minimum absolute atomic E-state index is 0.357. The molecular weight excluding hydrogens is 382 g/mol. The van der Waals surface area contributed by atoms with Gasteiger partial charge in [0.2, 0.25) is 0 Å². The van der Waals surface area contributed by atoms with Crippen LogP contribution in [0.1, 0.15) is 27.7 Å². The highest BCUT2D eigenvalue weighted by molar-refractivity contribution is 5.95. The monoisotopic (exact) mass is 407 g/mol. The Morgan fingerprint density at radius 2 is 1.55 bits per heavy atom. The highest BCUT2D eigenvalue weighted by atomic mass is 16.9. The lowest BCUT2D eigenvalue weighted by Crippen LogP contribution is -2.58. The summed E-state index contributed by atoms with van der Waals surface area (Å²) in [5, 5.41) is 2.87. The summed E-state index contributed by atoms with van der Waals surface area (Å²) >= 11 is 0. The molecule has 0 unspecified atom stereocenters. The van der Waals surface area contributed by atoms with Crippen LogP contribution in [0.25, 0.3) is 0 Å². The zero-order valence-corrected chi connectivity index (χ0v) is 16.8. The van der Waals surface area contributed by atoms with Gasteiger partial charge in [0, 0.05) is 11.8 Å². The summed E-state index contributed by atoms with van der Waals surface area (Å²) in [5.74, 6) is -0.813. The van der Waals surface area contributed by atoms with Crippen LogP contribution >= 0.6 is 0 Å². The minimum Gasteiger partial charge on any atom is -0.486 e. The topological polar surface area (TPSA) is 93.7 Å². The molecule has 1 N–H and O–H groups in total. The van der Waals surface area contributed by atoms with Crippen molar-refractivity contribution < 1.29 is 38.0 Å². The summed E-state index contributed by atoms with van der Waals surface area (Å²) in [7, 11) is 0. The SMILES string of the molecule is CC1(C)O[C@H]2[C@@H](O1)[C@@H](C(=O)Nc1ccc3c(c1)OCCO3)O[C@H]1OC(C)(C)O[C@@H]12. The van der Waals surface area contributed by atoms with E-state index < -0.39 is 42.3 Å². The zero-order chi connectivity index (χ0) is 20.4. The van der Waals surface area contributed by atoms with E-state index in [4.69, 9.17) is 33.2 Å². The third-order valence-electron chi connectivity index (χ3n) is 5.22. The van der Waals surface area contributed by atoms with Gasteiger partial charge in [-0.3, -0.25) is 4.79 Å². The standard InChI is InChI=1S/C20H25NO8/c1-19(2)26-13-14(27-19)16-18(29-20(3,4)28-16)25-15(13)17(22)21-10-5-6-11-12(9-10)24-8-7-23-11/h5-6,9,13-16,18H,7-8H2,1-4H3,(H,21,22)/t13-,14+,15+,16-,18+/m1/s1. The Morgan fingerprint density at radius 3 is 2.34 bits per heavy atom. The predicted molar refractivity (Wildman–Crippen MR) is 98.6 cm³/mol. The van der Waals surface area contributed by atoms with Crippen LogP contribution in [-0.2, 0) is 28.5 Å². The van der Waals surface area contributed by atoms with Gasteiger partial charge >= 0.3 is 0 Å². The van der Waals surface area contributed by atoms with E-state index in [0.29, 0.717) is 30.4 Å². The molecule has 3 fully saturated rings. The quantitative estimate of drug-likeness (QED) is 0.793. The number of anilines is 1. The Hall–Kier alpha value is -1.91. The lowest BCUT2D eigenvalue weighted by atomic mass is 9.98. The van der Waals surface area contributed by atoms with Crippen molar-refractivity contribution in [1.29, 1.82) is 0 Å². The van der Waals surface area contributed by atoms with E-state index in [2.05, 4.69) is 5.32 Å². The number of carbonyl (C=O) groups excluding carboxylic acids is 1. The van der Waals surface area contributed by atoms with Crippen molar-refractivity contribution in [2.45, 2.75) is 70.0 Å². The molecule has 0 aliphatic carbocycles. The van der Waals surface area contributed by atoms with E-state index in [-0.39, 0.29) is 5.91 Å². The number of benzene rings is 1. The third-order valence-corrected chi connectivity index (χ3v) is 5.22. The third kappa shape index (κ3) is 3.47. The Labute approximate surface area is 168 Å². The van der Waals surface area contributed by atoms with Gasteiger partial charge in [0.05, 0.1) is 0 Å². The summed E-state index contributed by atoms with van der Waals surface area (Å²) in [6.45, 7) is 8.18. The summed E-state index contributed by atoms with van der Waals surface area (Å²) < 4.78 is 40.9. The molecule has 4 heterocycles. The number of rotatable bonds is 2. The number of hydrogen-bond acceptors (Lipinski definition) is 8. The van der Waals surface area contributed by atoms with E-state index in [9.17, 15) is 4.79 Å². The van der Waals surface area contributed by atoms with Crippen molar-refractivity contribution >= 4 is 11.6 Å². The van der Waals surface area contributed by atoms with Crippen molar-refractivity contribution in [2.75, 3.05) is 18.5 Å². The average Bonchev–Trinajstić information content (AvgIpc) is 3.14. The normalized spacial score (nSPS) is 36.2. The van der Waals surface area contributed by atoms with Gasteiger partial charge in [-0.05, 0) is 39.8 Å². The summed E-state index contributed by atoms with van der Waals surface area (Å²) in [4.78, 5) is 13.1. The maximum absolute atomic E-state index is 13.1. The zero-order valence-electron chi connectivity index (χ0n) is 16.8. The van der Waals surface area contributed by atoms with Gasteiger partial charge in [-0.15, -0.1) is 0 Å². The van der Waals surface area contributed by atoms with Crippen LogP contribution in [0.2, 0.25) is 0 Å². The Balaban J connectivity index is 1.37. The highest BCUT2D eigenvalue weighted by Crippen LogP contribution is 2.44. The fraction of sp³-hybridized carbons (Fsp3) is 0.650. The van der Waals surface area contributed by atoms with Crippen LogP contribution in [-0.4, -0.2) is 61.4 Å². The number of fused-ring (bicyclic) bond motifs is 4. The van der Waals surface area contributed by atoms with Crippen molar-refractivity contribution in [3.63, 3.8) is 0 Å². The first-order chi connectivity index (χ1) is 13.7. The van der Waals surface area contributed by atoms with Crippen LogP contribution < -0.4 is 14.8 Å². The molecule has 4 aliphatic rings. The first-order valence-electron chi connectivity index (χ1n) is 9.78.